The molecule has 0 atom stereocenters. The SMILES string of the molecule is O=[SH2].[Na][Cl]. The van der Waals surface area contributed by atoms with Crippen molar-refractivity contribution in [2.45, 2.75) is 0 Å². The maximum absolute atomic E-state index is 8.06. The summed E-state index contributed by atoms with van der Waals surface area (Å²) in [6.45, 7) is 0. The first kappa shape index (κ1) is 9.06. The molecule has 0 aliphatic heterocycles. The van der Waals surface area contributed by atoms with Crippen LogP contribution in [0, 0.1) is 0 Å². The van der Waals surface area contributed by atoms with Crippen LogP contribution in [-0.2, 0) is 12.5 Å². The normalized spacial score (nSPS) is 3.00. The van der Waals surface area contributed by atoms with Gasteiger partial charge in [-0.3, -0.25) is 4.21 Å². The maximum atomic E-state index is 8.06. The molecule has 0 saturated carbocycles. The molecule has 0 N–H and O–H groups in total. The third-order valence-electron chi connectivity index (χ3n) is 0. The van der Waals surface area contributed by atoms with Crippen LogP contribution in [-0.4, -0.2) is 30.9 Å². The van der Waals surface area contributed by atoms with Gasteiger partial charge in [0.05, 0.1) is 0 Å². The molecule has 0 spiro atoms. The van der Waals surface area contributed by atoms with Crippen LogP contribution in [0.4, 0.5) is 0 Å². The Bertz CT molecular complexity index is 8.00. The molecule has 0 fully saturated rings. The van der Waals surface area contributed by atoms with E-state index in [0.717, 1.165) is 26.6 Å². The van der Waals surface area contributed by atoms with Crippen LogP contribution < -0.4 is 0 Å². The van der Waals surface area contributed by atoms with Gasteiger partial charge < -0.3 is 0 Å². The quantitative estimate of drug-likeness (QED) is 0.380. The van der Waals surface area contributed by atoms with E-state index in [9.17, 15) is 0 Å². The van der Waals surface area contributed by atoms with Crippen molar-refractivity contribution >= 4 is 47.1 Å². The molecule has 0 bridgehead atoms. The van der Waals surface area contributed by atoms with Crippen LogP contribution in [0.25, 0.3) is 0 Å². The minimum atomic E-state index is 0.778. The number of halogens is 1. The fourth-order valence-corrected chi connectivity index (χ4v) is 0. The summed E-state index contributed by atoms with van der Waals surface area (Å²) in [4.78, 5) is 0. The number of rotatable bonds is 0. The van der Waals surface area contributed by atoms with E-state index in [0.29, 0.717) is 0 Å². The van der Waals surface area contributed by atoms with Crippen LogP contribution in [0.2, 0.25) is 0 Å². The molecular weight excluding hydrogens is 107 g/mol. The van der Waals surface area contributed by atoms with Gasteiger partial charge in [-0.05, 0) is 12.5 Å². The second-order valence-electron chi connectivity index (χ2n) is 0. The second kappa shape index (κ2) is 25.3. The third-order valence-corrected chi connectivity index (χ3v) is 0. The Morgan fingerprint density at radius 2 is 1.50 bits per heavy atom. The van der Waals surface area contributed by atoms with Crippen molar-refractivity contribution in [2.24, 2.45) is 0 Å². The van der Waals surface area contributed by atoms with Gasteiger partial charge >= 0.3 is 34.6 Å². The molecule has 4 heteroatoms. The van der Waals surface area contributed by atoms with Crippen molar-refractivity contribution in [2.75, 3.05) is 0 Å². The Balaban J connectivity index is 0. The summed E-state index contributed by atoms with van der Waals surface area (Å²) < 4.78 is 8.06. The average Bonchev–Trinajstić information content (AvgIpc) is 1.50. The van der Waals surface area contributed by atoms with Crippen LogP contribution >= 0.6 is 7.91 Å². The molecule has 0 aliphatic carbocycles. The van der Waals surface area contributed by atoms with E-state index in [1.54, 1.807) is 12.5 Å². The molecule has 0 amide bonds. The molecule has 0 heterocycles. The Labute approximate surface area is 51.0 Å². The fourth-order valence-electron chi connectivity index (χ4n) is 0. The van der Waals surface area contributed by atoms with E-state index in [-0.39, 0.29) is 0 Å². The molecule has 0 aromatic heterocycles. The predicted octanol–water partition coefficient (Wildman–Crippen LogP) is -0.563. The molecule has 0 unspecified atom stereocenters. The van der Waals surface area contributed by atoms with Crippen molar-refractivity contribution in [3.8, 4) is 0 Å². The van der Waals surface area contributed by atoms with Gasteiger partial charge in [0, 0.05) is 0 Å². The topological polar surface area (TPSA) is 17.1 Å². The molecule has 0 rings (SSSR count). The summed E-state index contributed by atoms with van der Waals surface area (Å²) in [5.74, 6) is 0. The summed E-state index contributed by atoms with van der Waals surface area (Å²) >= 11 is 2.50. The van der Waals surface area contributed by atoms with Crippen molar-refractivity contribution in [1.82, 2.24) is 0 Å². The van der Waals surface area contributed by atoms with Gasteiger partial charge in [-0.15, -0.1) is 0 Å². The molecule has 0 aliphatic rings. The monoisotopic (exact) mass is 108 g/mol. The van der Waals surface area contributed by atoms with E-state index in [4.69, 9.17) is 12.1 Å². The number of hydrogen-bond donors (Lipinski definition) is 0. The van der Waals surface area contributed by atoms with Crippen molar-refractivity contribution < 1.29 is 4.21 Å². The Morgan fingerprint density at radius 1 is 1.50 bits per heavy atom. The van der Waals surface area contributed by atoms with Gasteiger partial charge in [0.15, 0.2) is 0 Å². The van der Waals surface area contributed by atoms with Crippen molar-refractivity contribution in [3.63, 3.8) is 0 Å². The molecule has 0 aromatic carbocycles. The van der Waals surface area contributed by atoms with Crippen LogP contribution in [0.3, 0.4) is 0 Å². The average molecular weight is 109 g/mol. The molecule has 1 nitrogen and oxygen atoms in total. The summed E-state index contributed by atoms with van der Waals surface area (Å²) in [6, 6.07) is 0. The first-order valence-corrected chi connectivity index (χ1v) is 4.01. The van der Waals surface area contributed by atoms with E-state index in [2.05, 4.69) is 0 Å². The zero-order valence-electron chi connectivity index (χ0n) is 2.29. The van der Waals surface area contributed by atoms with E-state index < -0.39 is 0 Å². The fraction of sp³-hybridized carbons (Fsp3) is 0. The van der Waals surface area contributed by atoms with E-state index >= 15 is 0 Å². The van der Waals surface area contributed by atoms with Gasteiger partial charge in [-0.1, -0.05) is 0 Å². The number of hydrogen-bond acceptors (Lipinski definition) is 1. The van der Waals surface area contributed by atoms with Gasteiger partial charge in [-0.25, -0.2) is 0 Å². The Kier molecular flexibility index (Phi) is 57.4. The van der Waals surface area contributed by atoms with Gasteiger partial charge in [0.1, 0.15) is 0 Å². The second-order valence-corrected chi connectivity index (χ2v) is 0. The summed E-state index contributed by atoms with van der Waals surface area (Å²) in [7, 11) is 4.78. The van der Waals surface area contributed by atoms with Gasteiger partial charge in [0.2, 0.25) is 0 Å². The zero-order chi connectivity index (χ0) is 4.00. The van der Waals surface area contributed by atoms with Gasteiger partial charge in [-0.2, -0.15) is 0 Å². The Morgan fingerprint density at radius 3 is 1.50 bits per heavy atom. The minimum absolute atomic E-state index is 0.778. The summed E-state index contributed by atoms with van der Waals surface area (Å²) in [6.07, 6.45) is 0. The predicted molar refractivity (Wildman–Crippen MR) is 22.5 cm³/mol. The van der Waals surface area contributed by atoms with Crippen LogP contribution in [0.1, 0.15) is 0 Å². The van der Waals surface area contributed by atoms with E-state index in [1.807, 2.05) is 0 Å². The van der Waals surface area contributed by atoms with Crippen molar-refractivity contribution in [3.05, 3.63) is 0 Å². The standard InChI is InChI=1S/ClH.Na.H2OS/c;;1-2/h1H;;2H2/q;+1;/p-1. The first-order chi connectivity index (χ1) is 2.00. The zero-order valence-corrected chi connectivity index (χ0v) is 6.04. The summed E-state index contributed by atoms with van der Waals surface area (Å²) in [5, 5.41) is 0. The van der Waals surface area contributed by atoms with Crippen LogP contribution in [0.5, 0.6) is 0 Å². The van der Waals surface area contributed by atoms with E-state index in [1.165, 1.54) is 0 Å². The molecular formula is H2ClNaOS. The first-order valence-electron chi connectivity index (χ1n) is 0.582. The summed E-state index contributed by atoms with van der Waals surface area (Å²) in [5.41, 5.74) is 0. The molecule has 4 heavy (non-hydrogen) atoms. The van der Waals surface area contributed by atoms with Gasteiger partial charge in [0.25, 0.3) is 0 Å². The van der Waals surface area contributed by atoms with Crippen molar-refractivity contribution in [1.29, 1.82) is 0 Å². The Hall–Kier alpha value is 1.44. The molecule has 0 radical (unpaired) electrons. The molecule has 22 valence electrons. The third kappa shape index (κ3) is 9.88. The van der Waals surface area contributed by atoms with Crippen LogP contribution in [0.15, 0.2) is 0 Å². The molecule has 0 aromatic rings. The molecule has 0 saturated heterocycles.